The summed E-state index contributed by atoms with van der Waals surface area (Å²) < 4.78 is 1.77. The Balaban J connectivity index is 1.54. The fourth-order valence-corrected chi connectivity index (χ4v) is 4.37. The van der Waals surface area contributed by atoms with Crippen molar-refractivity contribution in [1.29, 1.82) is 0 Å². The zero-order chi connectivity index (χ0) is 20.7. The number of H-pyrrole nitrogens is 1. The van der Waals surface area contributed by atoms with Crippen LogP contribution >= 0.6 is 0 Å². The fraction of sp³-hybridized carbons (Fsp3) is 0.348. The van der Waals surface area contributed by atoms with Gasteiger partial charge in [0.25, 0.3) is 5.56 Å². The van der Waals surface area contributed by atoms with Gasteiger partial charge in [0, 0.05) is 42.8 Å². The van der Waals surface area contributed by atoms with E-state index in [1.165, 1.54) is 10.9 Å². The third-order valence-electron chi connectivity index (χ3n) is 6.09. The molecule has 0 bridgehead atoms. The van der Waals surface area contributed by atoms with E-state index in [0.717, 1.165) is 49.6 Å². The number of nitrogens with zero attached hydrogens (tertiary/aromatic N) is 4. The van der Waals surface area contributed by atoms with E-state index in [1.807, 2.05) is 18.2 Å². The Kier molecular flexibility index (Phi) is 4.75. The van der Waals surface area contributed by atoms with E-state index in [1.54, 1.807) is 10.8 Å². The number of anilines is 1. The van der Waals surface area contributed by atoms with Gasteiger partial charge in [-0.15, -0.1) is 0 Å². The largest absolute Gasteiger partial charge is 0.369 e. The molecular formula is C23H26N6O. The zero-order valence-corrected chi connectivity index (χ0v) is 17.4. The maximum absolute atomic E-state index is 13.1. The van der Waals surface area contributed by atoms with Gasteiger partial charge in [0.2, 0.25) is 0 Å². The number of hydrogen-bond acceptors (Lipinski definition) is 5. The Hall–Kier alpha value is -3.19. The molecule has 4 heterocycles. The first kappa shape index (κ1) is 18.8. The van der Waals surface area contributed by atoms with Gasteiger partial charge in [-0.05, 0) is 31.1 Å². The van der Waals surface area contributed by atoms with Crippen LogP contribution < -0.4 is 10.9 Å². The average molecular weight is 403 g/mol. The molecule has 0 radical (unpaired) electrons. The molecule has 2 N–H and O–H groups in total. The van der Waals surface area contributed by atoms with Crippen LogP contribution in [0, 0.1) is 0 Å². The summed E-state index contributed by atoms with van der Waals surface area (Å²) in [6.07, 6.45) is 2.47. The van der Waals surface area contributed by atoms with Crippen LogP contribution in [-0.2, 0) is 13.0 Å². The third-order valence-corrected chi connectivity index (χ3v) is 6.09. The van der Waals surface area contributed by atoms with Gasteiger partial charge in [0.1, 0.15) is 5.82 Å². The van der Waals surface area contributed by atoms with Crippen LogP contribution in [0.25, 0.3) is 33.3 Å². The van der Waals surface area contributed by atoms with Crippen molar-refractivity contribution in [2.24, 2.45) is 0 Å². The molecule has 0 unspecified atom stereocenters. The van der Waals surface area contributed by atoms with Crippen LogP contribution in [0.5, 0.6) is 0 Å². The summed E-state index contributed by atoms with van der Waals surface area (Å²) in [5.41, 5.74) is 3.93. The molecule has 1 aliphatic heterocycles. The second-order valence-corrected chi connectivity index (χ2v) is 7.71. The molecule has 3 aromatic heterocycles. The molecule has 0 aliphatic carbocycles. The number of para-hydroxylation sites is 1. The highest BCUT2D eigenvalue weighted by Crippen LogP contribution is 2.33. The first-order chi connectivity index (χ1) is 14.7. The number of benzene rings is 1. The SMILES string of the molecule is CCN(CC)CCNc1cc2nc3n(c(=O)c2cn1)CCc1c-3[nH]c2ccccc12. The summed E-state index contributed by atoms with van der Waals surface area (Å²) in [4.78, 5) is 28.3. The van der Waals surface area contributed by atoms with Gasteiger partial charge < -0.3 is 15.2 Å². The minimum absolute atomic E-state index is 0.0264. The van der Waals surface area contributed by atoms with Gasteiger partial charge in [-0.2, -0.15) is 0 Å². The van der Waals surface area contributed by atoms with Crippen molar-refractivity contribution < 1.29 is 0 Å². The lowest BCUT2D eigenvalue weighted by atomic mass is 10.0. The monoisotopic (exact) mass is 402 g/mol. The van der Waals surface area contributed by atoms with Crippen LogP contribution in [0.15, 0.2) is 41.3 Å². The summed E-state index contributed by atoms with van der Waals surface area (Å²) in [6.45, 7) is 8.77. The van der Waals surface area contributed by atoms with Crippen molar-refractivity contribution in [2.75, 3.05) is 31.5 Å². The number of hydrogen-bond donors (Lipinski definition) is 2. The van der Waals surface area contributed by atoms with E-state index >= 15 is 0 Å². The second kappa shape index (κ2) is 7.57. The number of pyridine rings is 1. The molecule has 0 amide bonds. The van der Waals surface area contributed by atoms with Crippen molar-refractivity contribution in [3.05, 3.63) is 52.4 Å². The van der Waals surface area contributed by atoms with Crippen LogP contribution in [0.4, 0.5) is 5.82 Å². The maximum Gasteiger partial charge on any atom is 0.263 e. The maximum atomic E-state index is 13.1. The van der Waals surface area contributed by atoms with E-state index in [4.69, 9.17) is 4.98 Å². The van der Waals surface area contributed by atoms with Crippen LogP contribution in [-0.4, -0.2) is 50.6 Å². The van der Waals surface area contributed by atoms with Crippen molar-refractivity contribution in [2.45, 2.75) is 26.8 Å². The summed E-state index contributed by atoms with van der Waals surface area (Å²) >= 11 is 0. The molecule has 0 atom stereocenters. The highest BCUT2D eigenvalue weighted by molar-refractivity contribution is 5.91. The summed E-state index contributed by atoms with van der Waals surface area (Å²) in [7, 11) is 0. The van der Waals surface area contributed by atoms with E-state index in [2.05, 4.69) is 46.2 Å². The van der Waals surface area contributed by atoms with Crippen molar-refractivity contribution in [3.63, 3.8) is 0 Å². The molecular weight excluding hydrogens is 376 g/mol. The van der Waals surface area contributed by atoms with Gasteiger partial charge in [0.05, 0.1) is 16.6 Å². The molecule has 0 saturated heterocycles. The van der Waals surface area contributed by atoms with Gasteiger partial charge in [-0.25, -0.2) is 9.97 Å². The topological polar surface area (TPSA) is 78.8 Å². The van der Waals surface area contributed by atoms with Gasteiger partial charge in [0.15, 0.2) is 5.82 Å². The van der Waals surface area contributed by atoms with Crippen LogP contribution in [0.2, 0.25) is 0 Å². The Morgan fingerprint density at radius 2 is 2.03 bits per heavy atom. The van der Waals surface area contributed by atoms with Crippen molar-refractivity contribution in [3.8, 4) is 11.5 Å². The molecule has 1 aromatic carbocycles. The summed E-state index contributed by atoms with van der Waals surface area (Å²) in [5, 5.41) is 5.14. The lowest BCUT2D eigenvalue weighted by Crippen LogP contribution is -2.29. The summed E-state index contributed by atoms with van der Waals surface area (Å²) in [5.74, 6) is 1.46. The Labute approximate surface area is 174 Å². The van der Waals surface area contributed by atoms with Crippen molar-refractivity contribution >= 4 is 27.6 Å². The van der Waals surface area contributed by atoms with E-state index in [9.17, 15) is 4.79 Å². The van der Waals surface area contributed by atoms with Crippen molar-refractivity contribution in [1.82, 2.24) is 24.4 Å². The zero-order valence-electron chi connectivity index (χ0n) is 17.4. The Morgan fingerprint density at radius 3 is 2.87 bits per heavy atom. The lowest BCUT2D eigenvalue weighted by Gasteiger charge is -2.19. The predicted molar refractivity (Wildman–Crippen MR) is 121 cm³/mol. The number of nitrogens with one attached hydrogen (secondary N) is 2. The molecule has 5 rings (SSSR count). The molecule has 7 heteroatoms. The molecule has 30 heavy (non-hydrogen) atoms. The Bertz CT molecular complexity index is 1280. The molecule has 7 nitrogen and oxygen atoms in total. The number of aromatic amines is 1. The number of aryl methyl sites for hydroxylation is 1. The number of aromatic nitrogens is 4. The van der Waals surface area contributed by atoms with Gasteiger partial charge >= 0.3 is 0 Å². The highest BCUT2D eigenvalue weighted by Gasteiger charge is 2.24. The summed E-state index contributed by atoms with van der Waals surface area (Å²) in [6, 6.07) is 10.2. The lowest BCUT2D eigenvalue weighted by molar-refractivity contribution is 0.316. The first-order valence-corrected chi connectivity index (χ1v) is 10.7. The number of fused-ring (bicyclic) bond motifs is 6. The highest BCUT2D eigenvalue weighted by atomic mass is 16.1. The van der Waals surface area contributed by atoms with E-state index in [0.29, 0.717) is 23.3 Å². The minimum Gasteiger partial charge on any atom is -0.369 e. The van der Waals surface area contributed by atoms with Gasteiger partial charge in [-0.1, -0.05) is 32.0 Å². The molecule has 154 valence electrons. The molecule has 0 fully saturated rings. The molecule has 4 aromatic rings. The average Bonchev–Trinajstić information content (AvgIpc) is 3.16. The second-order valence-electron chi connectivity index (χ2n) is 7.71. The Morgan fingerprint density at radius 1 is 1.20 bits per heavy atom. The first-order valence-electron chi connectivity index (χ1n) is 10.7. The fourth-order valence-electron chi connectivity index (χ4n) is 4.37. The van der Waals surface area contributed by atoms with Crippen LogP contribution in [0.3, 0.4) is 0 Å². The smallest absolute Gasteiger partial charge is 0.263 e. The third kappa shape index (κ3) is 3.06. The standard InChI is InChI=1S/C23H26N6O/c1-3-28(4-2)12-10-24-20-13-19-17(14-25-20)23(30)29-11-9-16-15-7-5-6-8-18(15)26-21(16)22(29)27-19/h5-8,13-14,26H,3-4,9-12H2,1-2H3,(H,24,25). The van der Waals surface area contributed by atoms with Crippen LogP contribution in [0.1, 0.15) is 19.4 Å². The minimum atomic E-state index is -0.0264. The quantitative estimate of drug-likeness (QED) is 0.518. The molecule has 0 saturated carbocycles. The van der Waals surface area contributed by atoms with Gasteiger partial charge in [-0.3, -0.25) is 9.36 Å². The number of rotatable bonds is 6. The molecule has 0 spiro atoms. The van der Waals surface area contributed by atoms with E-state index in [-0.39, 0.29) is 5.56 Å². The van der Waals surface area contributed by atoms with E-state index < -0.39 is 0 Å². The predicted octanol–water partition coefficient (Wildman–Crippen LogP) is 3.25. The normalized spacial score (nSPS) is 13.0. The molecule has 1 aliphatic rings. The number of likely N-dealkylation sites (N-methyl/N-ethyl adjacent to an activating group) is 1.